The van der Waals surface area contributed by atoms with Gasteiger partial charge in [0.05, 0.1) is 0 Å². The molecule has 144 valence electrons. The molecule has 2 N–H and O–H groups in total. The lowest BCUT2D eigenvalue weighted by molar-refractivity contribution is -0.145. The van der Waals surface area contributed by atoms with Crippen LogP contribution in [-0.4, -0.2) is 20.9 Å². The van der Waals surface area contributed by atoms with Crippen molar-refractivity contribution in [2.75, 3.05) is 0 Å². The van der Waals surface area contributed by atoms with Crippen LogP contribution in [0.25, 0.3) is 32.3 Å². The van der Waals surface area contributed by atoms with Crippen molar-refractivity contribution in [2.24, 2.45) is 0 Å². The molecule has 29 heavy (non-hydrogen) atoms. The standard InChI is InChI=1S/C24H19NO4/c26-20-13-14-21(27)25(20)29-22(28)6-2-3-15-7-8-18-10-9-16-4-1-5-17-11-12-19(15)24(18)23(16)17/h1,4-5,7-14,26-27H,2-3,6H2. The first-order valence-electron chi connectivity index (χ1n) is 9.58. The lowest BCUT2D eigenvalue weighted by atomic mass is 9.90. The molecule has 5 nitrogen and oxygen atoms in total. The summed E-state index contributed by atoms with van der Waals surface area (Å²) in [6.45, 7) is 0. The summed E-state index contributed by atoms with van der Waals surface area (Å²) < 4.78 is 0.721. The van der Waals surface area contributed by atoms with Gasteiger partial charge < -0.3 is 15.1 Å². The van der Waals surface area contributed by atoms with Gasteiger partial charge in [-0.05, 0) is 50.7 Å². The predicted molar refractivity (Wildman–Crippen MR) is 112 cm³/mol. The Kier molecular flexibility index (Phi) is 4.02. The Hall–Kier alpha value is -3.73. The summed E-state index contributed by atoms with van der Waals surface area (Å²) in [5, 5.41) is 26.6. The lowest BCUT2D eigenvalue weighted by Crippen LogP contribution is -2.18. The molecular weight excluding hydrogens is 366 g/mol. The van der Waals surface area contributed by atoms with Gasteiger partial charge in [0.2, 0.25) is 11.8 Å². The zero-order valence-electron chi connectivity index (χ0n) is 15.6. The zero-order chi connectivity index (χ0) is 20.0. The van der Waals surface area contributed by atoms with E-state index in [1.165, 1.54) is 50.0 Å². The van der Waals surface area contributed by atoms with E-state index in [1.54, 1.807) is 0 Å². The number of hydrogen-bond donors (Lipinski definition) is 2. The second-order valence-corrected chi connectivity index (χ2v) is 7.24. The number of hydrogen-bond acceptors (Lipinski definition) is 4. The second-order valence-electron chi connectivity index (χ2n) is 7.24. The summed E-state index contributed by atoms with van der Waals surface area (Å²) in [4.78, 5) is 17.1. The van der Waals surface area contributed by atoms with Crippen LogP contribution in [0.4, 0.5) is 0 Å². The van der Waals surface area contributed by atoms with E-state index in [9.17, 15) is 15.0 Å². The number of rotatable bonds is 5. The van der Waals surface area contributed by atoms with Gasteiger partial charge in [-0.2, -0.15) is 0 Å². The molecule has 0 saturated carbocycles. The molecule has 0 radical (unpaired) electrons. The number of aromatic nitrogens is 1. The summed E-state index contributed by atoms with van der Waals surface area (Å²) in [6.07, 6.45) is 1.51. The molecule has 0 aliphatic rings. The SMILES string of the molecule is O=C(CCCc1ccc2ccc3cccc4ccc1c2c34)On1c(O)ccc1O. The molecule has 0 atom stereocenters. The predicted octanol–water partition coefficient (Wildman–Crippen LogP) is 4.77. The van der Waals surface area contributed by atoms with Crippen molar-refractivity contribution < 1.29 is 19.8 Å². The highest BCUT2D eigenvalue weighted by atomic mass is 16.7. The molecule has 0 fully saturated rings. The van der Waals surface area contributed by atoms with Crippen molar-refractivity contribution in [3.8, 4) is 11.8 Å². The van der Waals surface area contributed by atoms with E-state index in [0.717, 1.165) is 11.2 Å². The molecule has 4 aromatic carbocycles. The average molecular weight is 385 g/mol. The number of benzene rings is 4. The van der Waals surface area contributed by atoms with Gasteiger partial charge in [0, 0.05) is 18.6 Å². The highest BCUT2D eigenvalue weighted by Crippen LogP contribution is 2.36. The number of nitrogens with zero attached hydrogens (tertiary/aromatic N) is 1. The van der Waals surface area contributed by atoms with Crippen LogP contribution < -0.4 is 4.84 Å². The Morgan fingerprint density at radius 3 is 2.14 bits per heavy atom. The Morgan fingerprint density at radius 1 is 0.793 bits per heavy atom. The van der Waals surface area contributed by atoms with Crippen LogP contribution in [0.2, 0.25) is 0 Å². The summed E-state index contributed by atoms with van der Waals surface area (Å²) in [7, 11) is 0. The van der Waals surface area contributed by atoms with E-state index in [2.05, 4.69) is 54.6 Å². The minimum atomic E-state index is -0.510. The monoisotopic (exact) mass is 385 g/mol. The lowest BCUT2D eigenvalue weighted by Gasteiger charge is -2.14. The van der Waals surface area contributed by atoms with Crippen LogP contribution in [0, 0.1) is 0 Å². The molecule has 0 spiro atoms. The number of aryl methyl sites for hydroxylation is 1. The van der Waals surface area contributed by atoms with Crippen LogP contribution in [-0.2, 0) is 11.2 Å². The van der Waals surface area contributed by atoms with Crippen LogP contribution in [0.5, 0.6) is 11.8 Å². The minimum absolute atomic E-state index is 0.180. The van der Waals surface area contributed by atoms with Gasteiger partial charge in [-0.1, -0.05) is 54.6 Å². The second kappa shape index (κ2) is 6.71. The third-order valence-electron chi connectivity index (χ3n) is 5.44. The zero-order valence-corrected chi connectivity index (χ0v) is 15.6. The molecule has 0 aliphatic carbocycles. The summed E-state index contributed by atoms with van der Waals surface area (Å²) in [5.41, 5.74) is 1.19. The van der Waals surface area contributed by atoms with Crippen molar-refractivity contribution in [1.82, 2.24) is 4.73 Å². The van der Waals surface area contributed by atoms with Crippen molar-refractivity contribution in [3.63, 3.8) is 0 Å². The molecule has 5 aromatic rings. The fourth-order valence-corrected chi connectivity index (χ4v) is 4.08. The van der Waals surface area contributed by atoms with Crippen molar-refractivity contribution in [1.29, 1.82) is 0 Å². The maximum absolute atomic E-state index is 12.1. The van der Waals surface area contributed by atoms with Crippen molar-refractivity contribution >= 4 is 38.3 Å². The summed E-state index contributed by atoms with van der Waals surface area (Å²) in [5.74, 6) is -1.14. The van der Waals surface area contributed by atoms with E-state index < -0.39 is 5.97 Å². The fraction of sp³-hybridized carbons (Fsp3) is 0.125. The molecule has 0 amide bonds. The van der Waals surface area contributed by atoms with Crippen LogP contribution >= 0.6 is 0 Å². The molecule has 0 unspecified atom stereocenters. The fourth-order valence-electron chi connectivity index (χ4n) is 4.08. The molecule has 0 saturated heterocycles. The van der Waals surface area contributed by atoms with E-state index in [-0.39, 0.29) is 18.2 Å². The Morgan fingerprint density at radius 2 is 1.41 bits per heavy atom. The van der Waals surface area contributed by atoms with Gasteiger partial charge in [0.15, 0.2) is 0 Å². The topological polar surface area (TPSA) is 71.7 Å². The third kappa shape index (κ3) is 2.91. The molecule has 1 heterocycles. The third-order valence-corrected chi connectivity index (χ3v) is 5.44. The Balaban J connectivity index is 1.39. The minimum Gasteiger partial charge on any atom is -0.492 e. The Labute approximate surface area is 166 Å². The van der Waals surface area contributed by atoms with Crippen LogP contribution in [0.1, 0.15) is 18.4 Å². The molecule has 0 bridgehead atoms. The average Bonchev–Trinajstić information content (AvgIpc) is 3.05. The van der Waals surface area contributed by atoms with Crippen molar-refractivity contribution in [3.05, 3.63) is 72.3 Å². The molecule has 1 aromatic heterocycles. The largest absolute Gasteiger partial charge is 0.492 e. The number of carbonyl (C=O) groups excluding carboxylic acids is 1. The molecule has 5 rings (SSSR count). The van der Waals surface area contributed by atoms with Crippen LogP contribution in [0.3, 0.4) is 0 Å². The van der Waals surface area contributed by atoms with Gasteiger partial charge in [0.25, 0.3) is 0 Å². The van der Waals surface area contributed by atoms with Crippen molar-refractivity contribution in [2.45, 2.75) is 19.3 Å². The smallest absolute Gasteiger partial charge is 0.333 e. The van der Waals surface area contributed by atoms with E-state index in [1.807, 2.05) is 0 Å². The highest BCUT2D eigenvalue weighted by Gasteiger charge is 2.14. The van der Waals surface area contributed by atoms with Gasteiger partial charge >= 0.3 is 5.97 Å². The molecular formula is C24H19NO4. The maximum atomic E-state index is 12.1. The van der Waals surface area contributed by atoms with Gasteiger partial charge in [-0.3, -0.25) is 0 Å². The molecule has 0 aliphatic heterocycles. The summed E-state index contributed by atoms with van der Waals surface area (Å²) >= 11 is 0. The van der Waals surface area contributed by atoms with E-state index in [0.29, 0.717) is 6.42 Å². The van der Waals surface area contributed by atoms with Gasteiger partial charge in [0.1, 0.15) is 0 Å². The van der Waals surface area contributed by atoms with Crippen LogP contribution in [0.15, 0.2) is 66.7 Å². The quantitative estimate of drug-likeness (QED) is 0.427. The first-order valence-corrected chi connectivity index (χ1v) is 9.58. The van der Waals surface area contributed by atoms with E-state index in [4.69, 9.17) is 4.84 Å². The normalized spacial score (nSPS) is 11.6. The number of aromatic hydroxyl groups is 2. The van der Waals surface area contributed by atoms with Gasteiger partial charge in [-0.15, -0.1) is 4.73 Å². The summed E-state index contributed by atoms with van der Waals surface area (Å²) in [6, 6.07) is 21.7. The Bertz CT molecular complexity index is 1320. The van der Waals surface area contributed by atoms with E-state index >= 15 is 0 Å². The highest BCUT2D eigenvalue weighted by molar-refractivity contribution is 6.23. The first-order chi connectivity index (χ1) is 14.1. The van der Waals surface area contributed by atoms with Gasteiger partial charge in [-0.25, -0.2) is 4.79 Å². The molecule has 5 heteroatoms. The first kappa shape index (κ1) is 17.4. The maximum Gasteiger partial charge on any atom is 0.333 e. The number of carbonyl (C=O) groups is 1.